The highest BCUT2D eigenvalue weighted by molar-refractivity contribution is 7.71. The van der Waals surface area contributed by atoms with Crippen LogP contribution in [0.4, 0.5) is 0 Å². The van der Waals surface area contributed by atoms with Gasteiger partial charge in [0.1, 0.15) is 0 Å². The summed E-state index contributed by atoms with van der Waals surface area (Å²) in [4.78, 5) is 27.1. The van der Waals surface area contributed by atoms with Crippen molar-refractivity contribution in [2.75, 3.05) is 0 Å². The summed E-state index contributed by atoms with van der Waals surface area (Å²) in [5, 5.41) is 0.308. The second-order valence-corrected chi connectivity index (χ2v) is 9.72. The predicted octanol–water partition coefficient (Wildman–Crippen LogP) is 6.57. The van der Waals surface area contributed by atoms with E-state index in [0.717, 1.165) is 46.2 Å². The van der Waals surface area contributed by atoms with Crippen molar-refractivity contribution in [3.8, 4) is 0 Å². The van der Waals surface area contributed by atoms with E-state index in [1.54, 1.807) is 24.3 Å². The van der Waals surface area contributed by atoms with Gasteiger partial charge in [-0.2, -0.15) is 0 Å². The van der Waals surface area contributed by atoms with Crippen LogP contribution < -0.4 is 5.30 Å². The van der Waals surface area contributed by atoms with E-state index in [9.17, 15) is 14.2 Å². The van der Waals surface area contributed by atoms with Gasteiger partial charge in [0.05, 0.1) is 5.30 Å². The first-order chi connectivity index (χ1) is 15.2. The summed E-state index contributed by atoms with van der Waals surface area (Å²) in [7, 11) is -2.45. The molecule has 4 heteroatoms. The fourth-order valence-electron chi connectivity index (χ4n) is 4.34. The van der Waals surface area contributed by atoms with Gasteiger partial charge in [0, 0.05) is 16.7 Å². The zero-order valence-electron chi connectivity index (χ0n) is 19.7. The second-order valence-electron chi connectivity index (χ2n) is 8.24. The Balaban J connectivity index is 2.13. The highest BCUT2D eigenvalue weighted by atomic mass is 31.1. The maximum atomic E-state index is 13.7. The monoisotopic (exact) mass is 445 g/mol. The van der Waals surface area contributed by atoms with E-state index < -0.39 is 13.3 Å². The van der Waals surface area contributed by atoms with Gasteiger partial charge >= 0.3 is 0 Å². The van der Waals surface area contributed by atoms with Crippen LogP contribution in [-0.4, -0.2) is 11.3 Å². The van der Waals surface area contributed by atoms with Crippen molar-refractivity contribution < 1.29 is 14.2 Å². The molecule has 1 radical (unpaired) electrons. The molecule has 0 aliphatic carbocycles. The molecule has 0 fully saturated rings. The van der Waals surface area contributed by atoms with Gasteiger partial charge in [-0.05, 0) is 86.1 Å². The van der Waals surface area contributed by atoms with Crippen molar-refractivity contribution in [1.82, 2.24) is 0 Å². The number of carbonyl (C=O) groups excluding carboxylic acids is 2. The van der Waals surface area contributed by atoms with Gasteiger partial charge in [-0.15, -0.1) is 0 Å². The summed E-state index contributed by atoms with van der Waals surface area (Å²) in [6.07, 6.45) is 1.45. The van der Waals surface area contributed by atoms with E-state index in [1.165, 1.54) is 0 Å². The van der Waals surface area contributed by atoms with Crippen LogP contribution in [0.2, 0.25) is 0 Å². The Morgan fingerprint density at radius 1 is 0.750 bits per heavy atom. The maximum absolute atomic E-state index is 13.7. The molecule has 0 amide bonds. The van der Waals surface area contributed by atoms with Gasteiger partial charge < -0.3 is 0 Å². The summed E-state index contributed by atoms with van der Waals surface area (Å²) < 4.78 is 13.6. The molecule has 0 aliphatic rings. The molecule has 1 atom stereocenters. The van der Waals surface area contributed by atoms with E-state index in [4.69, 9.17) is 0 Å². The molecular weight excluding hydrogens is 415 g/mol. The summed E-state index contributed by atoms with van der Waals surface area (Å²) >= 11 is 0. The molecular formula is C28H30O3P. The van der Waals surface area contributed by atoms with Crippen molar-refractivity contribution in [3.05, 3.63) is 98.6 Å². The third-order valence-corrected chi connectivity index (χ3v) is 7.77. The third-order valence-electron chi connectivity index (χ3n) is 6.35. The van der Waals surface area contributed by atoms with Crippen LogP contribution in [0.1, 0.15) is 73.5 Å². The lowest BCUT2D eigenvalue weighted by Gasteiger charge is -2.16. The Hall–Kier alpha value is -2.90. The summed E-state index contributed by atoms with van der Waals surface area (Å²) in [5.41, 5.74) is 6.81. The molecule has 3 aromatic carbocycles. The Labute approximate surface area is 191 Å². The molecule has 0 saturated heterocycles. The lowest BCUT2D eigenvalue weighted by atomic mass is 9.91. The Morgan fingerprint density at radius 2 is 1.34 bits per heavy atom. The van der Waals surface area contributed by atoms with Gasteiger partial charge in [-0.3, -0.25) is 14.2 Å². The summed E-state index contributed by atoms with van der Waals surface area (Å²) in [5.74, 6) is -0.167. The SMILES string of the molecule is CCc1cccc(CC)c1C(=O)c1ccccc1[P](=O)C(=O)c1c(C)cc(C)c(C)c1C. The van der Waals surface area contributed by atoms with Crippen molar-refractivity contribution in [3.63, 3.8) is 0 Å². The molecule has 0 N–H and O–H groups in total. The molecule has 0 saturated carbocycles. The van der Waals surface area contributed by atoms with E-state index in [2.05, 4.69) is 0 Å². The molecule has 1 unspecified atom stereocenters. The Morgan fingerprint density at radius 3 is 1.94 bits per heavy atom. The number of hydrogen-bond acceptors (Lipinski definition) is 3. The Bertz CT molecular complexity index is 1220. The highest BCUT2D eigenvalue weighted by Crippen LogP contribution is 2.34. The topological polar surface area (TPSA) is 51.2 Å². The first-order valence-corrected chi connectivity index (χ1v) is 12.3. The summed E-state index contributed by atoms with van der Waals surface area (Å²) in [6.45, 7) is 11.8. The van der Waals surface area contributed by atoms with E-state index in [0.29, 0.717) is 22.0 Å². The molecule has 165 valence electrons. The quantitative estimate of drug-likeness (QED) is 0.305. The van der Waals surface area contributed by atoms with Crippen molar-refractivity contribution >= 4 is 24.4 Å². The maximum Gasteiger partial charge on any atom is 0.247 e. The van der Waals surface area contributed by atoms with Crippen molar-refractivity contribution in [2.24, 2.45) is 0 Å². The van der Waals surface area contributed by atoms with Gasteiger partial charge in [0.15, 0.2) is 13.6 Å². The lowest BCUT2D eigenvalue weighted by molar-refractivity contribution is 0.103. The van der Waals surface area contributed by atoms with Crippen molar-refractivity contribution in [2.45, 2.75) is 54.4 Å². The number of ketones is 1. The van der Waals surface area contributed by atoms with Crippen LogP contribution in [0, 0.1) is 27.7 Å². The molecule has 3 aromatic rings. The molecule has 0 heterocycles. The first-order valence-electron chi connectivity index (χ1n) is 11.1. The third kappa shape index (κ3) is 4.23. The molecule has 0 aromatic heterocycles. The van der Waals surface area contributed by atoms with E-state index in [-0.39, 0.29) is 5.78 Å². The normalized spacial score (nSPS) is 11.4. The zero-order chi connectivity index (χ0) is 23.6. The lowest BCUT2D eigenvalue weighted by Crippen LogP contribution is -2.19. The second kappa shape index (κ2) is 9.71. The van der Waals surface area contributed by atoms with Crippen LogP contribution in [0.3, 0.4) is 0 Å². The number of carbonyl (C=O) groups is 2. The fourth-order valence-corrected chi connectivity index (χ4v) is 5.72. The van der Waals surface area contributed by atoms with Gasteiger partial charge in [-0.25, -0.2) is 0 Å². The molecule has 0 spiro atoms. The minimum absolute atomic E-state index is 0.167. The standard InChI is InChI=1S/C28H30O3P/c1-7-21-12-11-13-22(8-2)26(21)27(29)23-14-9-10-15-24(23)32(31)28(30)25-18(4)16-17(3)19(5)20(25)6/h9-16H,7-8H2,1-6H3. The molecule has 3 nitrogen and oxygen atoms in total. The average Bonchev–Trinajstić information content (AvgIpc) is 2.80. The first kappa shape index (κ1) is 23.8. The highest BCUT2D eigenvalue weighted by Gasteiger charge is 2.27. The molecule has 32 heavy (non-hydrogen) atoms. The zero-order valence-corrected chi connectivity index (χ0v) is 20.6. The van der Waals surface area contributed by atoms with Gasteiger partial charge in [-0.1, -0.05) is 50.2 Å². The molecule has 3 rings (SSSR count). The number of rotatable bonds is 7. The molecule has 0 bridgehead atoms. The Kier molecular flexibility index (Phi) is 7.21. The smallest absolute Gasteiger partial charge is 0.247 e. The minimum Gasteiger partial charge on any atom is -0.289 e. The average molecular weight is 446 g/mol. The van der Waals surface area contributed by atoms with E-state index >= 15 is 0 Å². The largest absolute Gasteiger partial charge is 0.289 e. The number of benzene rings is 3. The molecule has 0 aliphatic heterocycles. The fraction of sp³-hybridized carbons (Fsp3) is 0.286. The van der Waals surface area contributed by atoms with Crippen LogP contribution >= 0.6 is 7.80 Å². The summed E-state index contributed by atoms with van der Waals surface area (Å²) in [6, 6.07) is 14.7. The van der Waals surface area contributed by atoms with Crippen LogP contribution in [-0.2, 0) is 17.4 Å². The number of aryl methyl sites for hydroxylation is 4. The van der Waals surface area contributed by atoms with Crippen LogP contribution in [0.5, 0.6) is 0 Å². The predicted molar refractivity (Wildman–Crippen MR) is 132 cm³/mol. The van der Waals surface area contributed by atoms with Crippen LogP contribution in [0.25, 0.3) is 0 Å². The van der Waals surface area contributed by atoms with Gasteiger partial charge in [0.25, 0.3) is 0 Å². The number of hydrogen-bond donors (Lipinski definition) is 0. The van der Waals surface area contributed by atoms with Crippen LogP contribution in [0.15, 0.2) is 48.5 Å². The van der Waals surface area contributed by atoms with E-state index in [1.807, 2.05) is 65.8 Å². The minimum atomic E-state index is -2.45. The van der Waals surface area contributed by atoms with Crippen molar-refractivity contribution in [1.29, 1.82) is 0 Å². The van der Waals surface area contributed by atoms with Gasteiger partial charge in [0.2, 0.25) is 5.52 Å².